The molecule has 3 N–H and O–H groups in total. The van der Waals surface area contributed by atoms with Gasteiger partial charge in [0.15, 0.2) is 5.96 Å². The third kappa shape index (κ3) is 6.71. The van der Waals surface area contributed by atoms with Gasteiger partial charge in [-0.2, -0.15) is 0 Å². The summed E-state index contributed by atoms with van der Waals surface area (Å²) in [5, 5.41) is 17.5. The summed E-state index contributed by atoms with van der Waals surface area (Å²) < 4.78 is 5.39. The second kappa shape index (κ2) is 11.9. The fraction of sp³-hybridized carbons (Fsp3) is 0.952. The average molecular weight is 508 g/mol. The van der Waals surface area contributed by atoms with E-state index in [4.69, 9.17) is 9.73 Å². The first-order valence-electron chi connectivity index (χ1n) is 11.2. The van der Waals surface area contributed by atoms with Gasteiger partial charge in [0, 0.05) is 44.7 Å². The van der Waals surface area contributed by atoms with Crippen LogP contribution in [0, 0.1) is 0 Å². The first kappa shape index (κ1) is 24.2. The molecular formula is C21H41IN4O2. The number of hydrogen-bond donors (Lipinski definition) is 3. The Hall–Kier alpha value is -0.120. The highest BCUT2D eigenvalue weighted by molar-refractivity contribution is 14.0. The molecule has 7 heteroatoms. The van der Waals surface area contributed by atoms with Gasteiger partial charge in [0.25, 0.3) is 0 Å². The molecule has 1 aliphatic carbocycles. The van der Waals surface area contributed by atoms with Crippen molar-refractivity contribution < 1.29 is 9.84 Å². The zero-order valence-corrected chi connectivity index (χ0v) is 20.0. The highest BCUT2D eigenvalue weighted by atomic mass is 127. The van der Waals surface area contributed by atoms with Crippen molar-refractivity contribution in [1.82, 2.24) is 15.5 Å². The molecule has 6 nitrogen and oxygen atoms in total. The minimum Gasteiger partial charge on any atom is -0.388 e. The highest BCUT2D eigenvalue weighted by Gasteiger charge is 2.38. The molecular weight excluding hydrogens is 467 g/mol. The van der Waals surface area contributed by atoms with E-state index in [2.05, 4.69) is 22.5 Å². The van der Waals surface area contributed by atoms with Crippen LogP contribution < -0.4 is 10.6 Å². The number of nitrogens with zero attached hydrogens (tertiary/aromatic N) is 2. The highest BCUT2D eigenvalue weighted by Crippen LogP contribution is 2.35. The first-order chi connectivity index (χ1) is 13.2. The number of nitrogens with one attached hydrogen (secondary N) is 2. The van der Waals surface area contributed by atoms with Crippen LogP contribution in [0.4, 0.5) is 0 Å². The van der Waals surface area contributed by atoms with E-state index in [0.717, 1.165) is 19.0 Å². The van der Waals surface area contributed by atoms with Crippen molar-refractivity contribution in [3.8, 4) is 0 Å². The van der Waals surface area contributed by atoms with Crippen LogP contribution in [0.5, 0.6) is 0 Å². The summed E-state index contributed by atoms with van der Waals surface area (Å²) in [6, 6.07) is 0. The average Bonchev–Trinajstić information content (AvgIpc) is 2.72. The van der Waals surface area contributed by atoms with Gasteiger partial charge < -0.3 is 20.5 Å². The van der Waals surface area contributed by atoms with Gasteiger partial charge >= 0.3 is 0 Å². The molecule has 2 aliphatic heterocycles. The summed E-state index contributed by atoms with van der Waals surface area (Å²) >= 11 is 0. The quantitative estimate of drug-likeness (QED) is 0.293. The Morgan fingerprint density at radius 2 is 1.61 bits per heavy atom. The summed E-state index contributed by atoms with van der Waals surface area (Å²) in [6.45, 7) is 8.10. The maximum atomic E-state index is 10.7. The van der Waals surface area contributed by atoms with Crippen LogP contribution in [0.1, 0.15) is 71.1 Å². The summed E-state index contributed by atoms with van der Waals surface area (Å²) in [6.07, 6.45) is 12.0. The minimum absolute atomic E-state index is 0. The van der Waals surface area contributed by atoms with Crippen LogP contribution in [0.15, 0.2) is 4.99 Å². The number of likely N-dealkylation sites (tertiary alicyclic amines) is 1. The molecule has 3 aliphatic rings. The number of aliphatic imine (C=N–C) groups is 1. The lowest BCUT2D eigenvalue weighted by molar-refractivity contribution is -0.0594. The Labute approximate surface area is 188 Å². The number of halogens is 1. The molecule has 0 aromatic carbocycles. The van der Waals surface area contributed by atoms with E-state index in [0.29, 0.717) is 32.6 Å². The van der Waals surface area contributed by atoms with Gasteiger partial charge in [-0.1, -0.05) is 25.7 Å². The fourth-order valence-corrected chi connectivity index (χ4v) is 4.90. The van der Waals surface area contributed by atoms with Crippen LogP contribution in [0.3, 0.4) is 0 Å². The first-order valence-corrected chi connectivity index (χ1v) is 11.2. The van der Waals surface area contributed by atoms with Crippen LogP contribution in [0.2, 0.25) is 0 Å². The molecule has 1 saturated carbocycles. The summed E-state index contributed by atoms with van der Waals surface area (Å²) in [4.78, 5) is 7.76. The van der Waals surface area contributed by atoms with Gasteiger partial charge in [-0.3, -0.25) is 9.89 Å². The number of hydrogen-bond acceptors (Lipinski definition) is 4. The standard InChI is InChI=1S/C21H40N4O2.HI/c1-2-22-19(24-18-21(26)11-15-27-16-12-21)23-17-20(9-5-3-6-10-20)25-13-7-4-8-14-25;/h26H,2-18H2,1H3,(H2,22,23,24);1H. The second-order valence-corrected chi connectivity index (χ2v) is 8.72. The molecule has 0 atom stereocenters. The zero-order valence-electron chi connectivity index (χ0n) is 17.7. The number of guanidine groups is 1. The summed E-state index contributed by atoms with van der Waals surface area (Å²) in [5.41, 5.74) is -0.430. The predicted octanol–water partition coefficient (Wildman–Crippen LogP) is 2.89. The van der Waals surface area contributed by atoms with Crippen molar-refractivity contribution in [1.29, 1.82) is 0 Å². The van der Waals surface area contributed by atoms with Crippen LogP contribution in [0.25, 0.3) is 0 Å². The van der Waals surface area contributed by atoms with E-state index in [1.54, 1.807) is 0 Å². The van der Waals surface area contributed by atoms with E-state index in [-0.39, 0.29) is 29.5 Å². The number of ether oxygens (including phenoxy) is 1. The normalized spacial score (nSPS) is 25.6. The van der Waals surface area contributed by atoms with Gasteiger partial charge in [-0.05, 0) is 45.7 Å². The molecule has 0 bridgehead atoms. The van der Waals surface area contributed by atoms with Gasteiger partial charge in [0.2, 0.25) is 0 Å². The van der Waals surface area contributed by atoms with Crippen molar-refractivity contribution in [2.75, 3.05) is 45.9 Å². The lowest BCUT2D eigenvalue weighted by atomic mass is 9.79. The van der Waals surface area contributed by atoms with Crippen molar-refractivity contribution in [2.45, 2.75) is 82.3 Å². The predicted molar refractivity (Wildman–Crippen MR) is 126 cm³/mol. The Morgan fingerprint density at radius 1 is 0.964 bits per heavy atom. The van der Waals surface area contributed by atoms with Crippen molar-refractivity contribution in [3.05, 3.63) is 0 Å². The van der Waals surface area contributed by atoms with Crippen molar-refractivity contribution >= 4 is 29.9 Å². The number of rotatable bonds is 6. The Bertz CT molecular complexity index is 471. The summed E-state index contributed by atoms with van der Waals surface area (Å²) in [5.74, 6) is 0.847. The van der Waals surface area contributed by atoms with E-state index < -0.39 is 5.60 Å². The van der Waals surface area contributed by atoms with E-state index in [9.17, 15) is 5.11 Å². The van der Waals surface area contributed by atoms with Gasteiger partial charge in [-0.15, -0.1) is 24.0 Å². The number of aliphatic hydroxyl groups is 1. The third-order valence-electron chi connectivity index (χ3n) is 6.70. The molecule has 2 saturated heterocycles. The lowest BCUT2D eigenvalue weighted by Gasteiger charge is -2.47. The molecule has 0 unspecified atom stereocenters. The van der Waals surface area contributed by atoms with Gasteiger partial charge in [0.1, 0.15) is 0 Å². The Kier molecular flexibility index (Phi) is 10.3. The molecule has 0 aromatic heterocycles. The van der Waals surface area contributed by atoms with Crippen LogP contribution in [-0.2, 0) is 4.74 Å². The molecule has 3 rings (SSSR count). The molecule has 0 radical (unpaired) electrons. The Morgan fingerprint density at radius 3 is 2.25 bits per heavy atom. The SMILES string of the molecule is CCNC(=NCC1(N2CCCCC2)CCCCC1)NCC1(O)CCOCC1.I. The van der Waals surface area contributed by atoms with Gasteiger partial charge in [-0.25, -0.2) is 0 Å². The smallest absolute Gasteiger partial charge is 0.191 e. The maximum Gasteiger partial charge on any atom is 0.191 e. The molecule has 3 fully saturated rings. The molecule has 2 heterocycles. The van der Waals surface area contributed by atoms with Crippen molar-refractivity contribution in [3.63, 3.8) is 0 Å². The third-order valence-corrected chi connectivity index (χ3v) is 6.70. The molecule has 164 valence electrons. The van der Waals surface area contributed by atoms with E-state index in [1.165, 1.54) is 64.5 Å². The minimum atomic E-state index is -0.677. The maximum absolute atomic E-state index is 10.7. The van der Waals surface area contributed by atoms with E-state index in [1.807, 2.05) is 0 Å². The number of piperidine rings is 1. The molecule has 28 heavy (non-hydrogen) atoms. The molecule has 0 spiro atoms. The van der Waals surface area contributed by atoms with Crippen molar-refractivity contribution in [2.24, 2.45) is 4.99 Å². The van der Waals surface area contributed by atoms with Gasteiger partial charge in [0.05, 0.1) is 12.1 Å². The lowest BCUT2D eigenvalue weighted by Crippen LogP contribution is -2.55. The monoisotopic (exact) mass is 508 g/mol. The zero-order chi connectivity index (χ0) is 19.0. The topological polar surface area (TPSA) is 69.1 Å². The van der Waals surface area contributed by atoms with Crippen LogP contribution in [-0.4, -0.2) is 73.0 Å². The molecule has 0 aromatic rings. The largest absolute Gasteiger partial charge is 0.388 e. The Balaban J connectivity index is 0.00000280. The summed E-state index contributed by atoms with van der Waals surface area (Å²) in [7, 11) is 0. The molecule has 0 amide bonds. The fourth-order valence-electron chi connectivity index (χ4n) is 4.90. The van der Waals surface area contributed by atoms with Crippen LogP contribution >= 0.6 is 24.0 Å². The second-order valence-electron chi connectivity index (χ2n) is 8.72. The van der Waals surface area contributed by atoms with E-state index >= 15 is 0 Å².